The number of thioether (sulfide) groups is 1. The summed E-state index contributed by atoms with van der Waals surface area (Å²) in [4.78, 5) is 2.44. The number of thiocarbonyl (C=S) groups is 1. The predicted octanol–water partition coefficient (Wildman–Crippen LogP) is 2.26. The Balaban J connectivity index is 2.05. The Morgan fingerprint density at radius 2 is 2.27 bits per heavy atom. The zero-order valence-corrected chi connectivity index (χ0v) is 8.22. The highest BCUT2D eigenvalue weighted by molar-refractivity contribution is 8.22. The van der Waals surface area contributed by atoms with E-state index in [0.29, 0.717) is 0 Å². The van der Waals surface area contributed by atoms with Crippen LogP contribution in [0.15, 0.2) is 0 Å². The standard InChI is InChI=1S/C8H13NS2/c10-8-9-5-2-1-3-7(9)4-6-11-8/h7H,1-6H2. The van der Waals surface area contributed by atoms with Gasteiger partial charge in [0.1, 0.15) is 4.32 Å². The lowest BCUT2D eigenvalue weighted by Crippen LogP contribution is -2.44. The number of piperidine rings is 1. The molecule has 3 heteroatoms. The van der Waals surface area contributed by atoms with Crippen molar-refractivity contribution in [1.29, 1.82) is 0 Å². The minimum absolute atomic E-state index is 0.803. The summed E-state index contributed by atoms with van der Waals surface area (Å²) in [7, 11) is 0. The molecule has 1 unspecified atom stereocenters. The maximum Gasteiger partial charge on any atom is 0.136 e. The fourth-order valence-electron chi connectivity index (χ4n) is 1.91. The molecule has 2 heterocycles. The summed E-state index contributed by atoms with van der Waals surface area (Å²) in [5.74, 6) is 1.25. The van der Waals surface area contributed by atoms with E-state index < -0.39 is 0 Å². The first kappa shape index (κ1) is 7.87. The van der Waals surface area contributed by atoms with E-state index in [-0.39, 0.29) is 0 Å². The molecule has 0 spiro atoms. The third-order valence-electron chi connectivity index (χ3n) is 2.54. The molecule has 2 aliphatic heterocycles. The first-order chi connectivity index (χ1) is 5.38. The zero-order chi connectivity index (χ0) is 7.68. The summed E-state index contributed by atoms with van der Waals surface area (Å²) >= 11 is 7.15. The van der Waals surface area contributed by atoms with Gasteiger partial charge in [-0.15, -0.1) is 0 Å². The average Bonchev–Trinajstić information content (AvgIpc) is 2.06. The second kappa shape index (κ2) is 3.31. The van der Waals surface area contributed by atoms with Crippen LogP contribution < -0.4 is 0 Å². The van der Waals surface area contributed by atoms with Crippen molar-refractivity contribution in [2.75, 3.05) is 12.3 Å². The molecule has 62 valence electrons. The molecule has 0 saturated carbocycles. The normalized spacial score (nSPS) is 31.8. The van der Waals surface area contributed by atoms with Crippen LogP contribution in [-0.2, 0) is 0 Å². The van der Waals surface area contributed by atoms with Gasteiger partial charge in [0, 0.05) is 18.3 Å². The molecular weight excluding hydrogens is 174 g/mol. The van der Waals surface area contributed by atoms with Gasteiger partial charge in [-0.25, -0.2) is 0 Å². The maximum absolute atomic E-state index is 5.29. The molecule has 0 aliphatic carbocycles. The summed E-state index contributed by atoms with van der Waals surface area (Å²) in [6.07, 6.45) is 5.48. The summed E-state index contributed by atoms with van der Waals surface area (Å²) in [5.41, 5.74) is 0. The molecule has 1 nitrogen and oxygen atoms in total. The van der Waals surface area contributed by atoms with Crippen molar-refractivity contribution in [3.05, 3.63) is 0 Å². The van der Waals surface area contributed by atoms with Crippen molar-refractivity contribution in [3.63, 3.8) is 0 Å². The van der Waals surface area contributed by atoms with Crippen LogP contribution in [0.1, 0.15) is 25.7 Å². The summed E-state index contributed by atoms with van der Waals surface area (Å²) in [6, 6.07) is 0.803. The van der Waals surface area contributed by atoms with Crippen molar-refractivity contribution in [2.24, 2.45) is 0 Å². The molecule has 2 fully saturated rings. The van der Waals surface area contributed by atoms with E-state index in [9.17, 15) is 0 Å². The second-order valence-corrected chi connectivity index (χ2v) is 4.97. The minimum atomic E-state index is 0.803. The number of rotatable bonds is 0. The van der Waals surface area contributed by atoms with Gasteiger partial charge in [0.2, 0.25) is 0 Å². The lowest BCUT2D eigenvalue weighted by molar-refractivity contribution is 0.241. The lowest BCUT2D eigenvalue weighted by Gasteiger charge is -2.40. The van der Waals surface area contributed by atoms with Gasteiger partial charge >= 0.3 is 0 Å². The van der Waals surface area contributed by atoms with E-state index in [1.54, 1.807) is 0 Å². The quantitative estimate of drug-likeness (QED) is 0.536. The fourth-order valence-corrected chi connectivity index (χ4v) is 3.37. The van der Waals surface area contributed by atoms with Gasteiger partial charge in [-0.05, 0) is 25.7 Å². The molecule has 0 N–H and O–H groups in total. The van der Waals surface area contributed by atoms with E-state index in [1.165, 1.54) is 38.0 Å². The maximum atomic E-state index is 5.29. The highest BCUT2D eigenvalue weighted by atomic mass is 32.2. The molecule has 0 radical (unpaired) electrons. The zero-order valence-electron chi connectivity index (χ0n) is 6.58. The Hall–Kier alpha value is 0.240. The third kappa shape index (κ3) is 1.54. The van der Waals surface area contributed by atoms with Gasteiger partial charge in [0.15, 0.2) is 0 Å². The van der Waals surface area contributed by atoms with E-state index >= 15 is 0 Å². The number of nitrogens with zero attached hydrogens (tertiary/aromatic N) is 1. The molecule has 1 atom stereocenters. The van der Waals surface area contributed by atoms with Gasteiger partial charge in [-0.1, -0.05) is 24.0 Å². The highest BCUT2D eigenvalue weighted by Gasteiger charge is 2.27. The van der Waals surface area contributed by atoms with Crippen LogP contribution in [0.2, 0.25) is 0 Å². The van der Waals surface area contributed by atoms with Gasteiger partial charge < -0.3 is 4.90 Å². The van der Waals surface area contributed by atoms with E-state index in [4.69, 9.17) is 12.2 Å². The molecule has 0 bridgehead atoms. The molecule has 2 rings (SSSR count). The number of fused-ring (bicyclic) bond motifs is 1. The number of hydrogen-bond donors (Lipinski definition) is 0. The van der Waals surface area contributed by atoms with Crippen LogP contribution in [0.25, 0.3) is 0 Å². The Bertz CT molecular complexity index is 167. The van der Waals surface area contributed by atoms with Crippen molar-refractivity contribution >= 4 is 28.3 Å². The van der Waals surface area contributed by atoms with Crippen molar-refractivity contribution in [3.8, 4) is 0 Å². The van der Waals surface area contributed by atoms with Crippen LogP contribution >= 0.6 is 24.0 Å². The van der Waals surface area contributed by atoms with Crippen LogP contribution in [0.4, 0.5) is 0 Å². The molecule has 2 aliphatic rings. The van der Waals surface area contributed by atoms with Crippen LogP contribution in [0, 0.1) is 0 Å². The molecule has 2 saturated heterocycles. The largest absolute Gasteiger partial charge is 0.355 e. The average molecular weight is 187 g/mol. The molecule has 0 aromatic heterocycles. The highest BCUT2D eigenvalue weighted by Crippen LogP contribution is 2.29. The Morgan fingerprint density at radius 1 is 1.36 bits per heavy atom. The smallest absolute Gasteiger partial charge is 0.136 e. The van der Waals surface area contributed by atoms with Gasteiger partial charge in [0.05, 0.1) is 0 Å². The first-order valence-electron chi connectivity index (χ1n) is 4.31. The monoisotopic (exact) mass is 187 g/mol. The van der Waals surface area contributed by atoms with Crippen LogP contribution in [0.5, 0.6) is 0 Å². The molecule has 11 heavy (non-hydrogen) atoms. The summed E-state index contributed by atoms with van der Waals surface area (Å²) in [6.45, 7) is 1.22. The molecule has 0 amide bonds. The minimum Gasteiger partial charge on any atom is -0.355 e. The molecule has 0 aromatic carbocycles. The van der Waals surface area contributed by atoms with Crippen LogP contribution in [0.3, 0.4) is 0 Å². The molecule has 0 aromatic rings. The summed E-state index contributed by atoms with van der Waals surface area (Å²) in [5, 5.41) is 0. The fraction of sp³-hybridized carbons (Fsp3) is 0.875. The van der Waals surface area contributed by atoms with Crippen molar-refractivity contribution < 1.29 is 0 Å². The topological polar surface area (TPSA) is 3.24 Å². The van der Waals surface area contributed by atoms with E-state index in [1.807, 2.05) is 11.8 Å². The van der Waals surface area contributed by atoms with Gasteiger partial charge in [-0.2, -0.15) is 0 Å². The third-order valence-corrected chi connectivity index (χ3v) is 4.05. The SMILES string of the molecule is S=C1SCCC2CCCCN12. The Kier molecular flexibility index (Phi) is 2.37. The lowest BCUT2D eigenvalue weighted by atomic mass is 10.0. The second-order valence-electron chi connectivity index (χ2n) is 3.25. The van der Waals surface area contributed by atoms with E-state index in [0.717, 1.165) is 10.4 Å². The van der Waals surface area contributed by atoms with Gasteiger partial charge in [0.25, 0.3) is 0 Å². The Labute approximate surface area is 77.5 Å². The first-order valence-corrected chi connectivity index (χ1v) is 5.71. The van der Waals surface area contributed by atoms with E-state index in [2.05, 4.69) is 4.90 Å². The van der Waals surface area contributed by atoms with Gasteiger partial charge in [-0.3, -0.25) is 0 Å². The molecular formula is C8H13NS2. The Morgan fingerprint density at radius 3 is 3.09 bits per heavy atom. The van der Waals surface area contributed by atoms with Crippen molar-refractivity contribution in [2.45, 2.75) is 31.7 Å². The number of hydrogen-bond acceptors (Lipinski definition) is 2. The van der Waals surface area contributed by atoms with Crippen molar-refractivity contribution in [1.82, 2.24) is 4.90 Å². The predicted molar refractivity (Wildman–Crippen MR) is 54.0 cm³/mol. The summed E-state index contributed by atoms with van der Waals surface area (Å²) < 4.78 is 1.15. The van der Waals surface area contributed by atoms with Crippen LogP contribution in [-0.4, -0.2) is 27.6 Å².